The van der Waals surface area contributed by atoms with Gasteiger partial charge < -0.3 is 15.3 Å². The van der Waals surface area contributed by atoms with Gasteiger partial charge in [0.25, 0.3) is 0 Å². The van der Waals surface area contributed by atoms with Crippen LogP contribution in [0.2, 0.25) is 0 Å². The van der Waals surface area contributed by atoms with Crippen LogP contribution in [0.3, 0.4) is 0 Å². The van der Waals surface area contributed by atoms with Gasteiger partial charge in [-0.15, -0.1) is 0 Å². The minimum absolute atomic E-state index is 0.361. The Hall–Kier alpha value is -0.380. The molecule has 3 atom stereocenters. The molecular weight excluding hydrogens is 204 g/mol. The second kappa shape index (κ2) is 4.47. The first-order chi connectivity index (χ1) is 7.19. The summed E-state index contributed by atoms with van der Waals surface area (Å²) in [5, 5.41) is 29.8. The second-order valence-electron chi connectivity index (χ2n) is 5.75. The Morgan fingerprint density at radius 1 is 1.50 bits per heavy atom. The molecule has 0 bridgehead atoms. The number of aliphatic hydroxyl groups is 3. The molecule has 0 aromatic carbocycles. The van der Waals surface area contributed by atoms with Crippen LogP contribution in [0.4, 0.5) is 0 Å². The Morgan fingerprint density at radius 2 is 2.06 bits per heavy atom. The molecule has 3 heteroatoms. The number of aliphatic hydroxyl groups excluding tert-OH is 2. The van der Waals surface area contributed by atoms with Crippen LogP contribution in [0.25, 0.3) is 0 Å². The van der Waals surface area contributed by atoms with Crippen molar-refractivity contribution in [3.8, 4) is 0 Å². The minimum atomic E-state index is -0.913. The summed E-state index contributed by atoms with van der Waals surface area (Å²) in [5.74, 6) is 0. The molecule has 1 rings (SSSR count). The summed E-state index contributed by atoms with van der Waals surface area (Å²) in [6, 6.07) is 0. The smallest absolute Gasteiger partial charge is 0.0907 e. The van der Waals surface area contributed by atoms with Crippen LogP contribution >= 0.6 is 0 Å². The van der Waals surface area contributed by atoms with E-state index >= 15 is 0 Å². The molecule has 0 aromatic heterocycles. The van der Waals surface area contributed by atoms with Gasteiger partial charge in [-0.3, -0.25) is 0 Å². The fourth-order valence-electron chi connectivity index (χ4n) is 2.66. The van der Waals surface area contributed by atoms with Gasteiger partial charge in [0.05, 0.1) is 17.8 Å². The lowest BCUT2D eigenvalue weighted by Crippen LogP contribution is -2.50. The number of rotatable bonds is 3. The topological polar surface area (TPSA) is 60.7 Å². The Bertz CT molecular complexity index is 281. The number of hydrogen-bond acceptors (Lipinski definition) is 3. The standard InChI is InChI=1S/C13H24O3/c1-9-7-11(15)8-12(3,4)13(9,16)6-5-10(2)14/h7,10-11,14-16H,5-6,8H2,1-4H3. The van der Waals surface area contributed by atoms with E-state index < -0.39 is 17.8 Å². The van der Waals surface area contributed by atoms with Gasteiger partial charge in [0.15, 0.2) is 0 Å². The van der Waals surface area contributed by atoms with Crippen molar-refractivity contribution in [2.75, 3.05) is 0 Å². The summed E-state index contributed by atoms with van der Waals surface area (Å²) in [7, 11) is 0. The maximum absolute atomic E-state index is 10.7. The van der Waals surface area contributed by atoms with Crippen molar-refractivity contribution in [3.63, 3.8) is 0 Å². The Kier molecular flexibility index (Phi) is 3.83. The van der Waals surface area contributed by atoms with Crippen LogP contribution in [-0.4, -0.2) is 33.1 Å². The lowest BCUT2D eigenvalue weighted by atomic mass is 9.62. The summed E-state index contributed by atoms with van der Waals surface area (Å²) in [6.07, 6.45) is 2.52. The molecule has 16 heavy (non-hydrogen) atoms. The third-order valence-electron chi connectivity index (χ3n) is 3.86. The van der Waals surface area contributed by atoms with Gasteiger partial charge in [-0.2, -0.15) is 0 Å². The van der Waals surface area contributed by atoms with E-state index in [0.29, 0.717) is 19.3 Å². The van der Waals surface area contributed by atoms with Crippen LogP contribution in [-0.2, 0) is 0 Å². The third-order valence-corrected chi connectivity index (χ3v) is 3.86. The van der Waals surface area contributed by atoms with E-state index in [1.807, 2.05) is 20.8 Å². The Balaban J connectivity index is 2.93. The van der Waals surface area contributed by atoms with E-state index in [1.54, 1.807) is 13.0 Å². The maximum Gasteiger partial charge on any atom is 0.0907 e. The molecule has 0 fully saturated rings. The third kappa shape index (κ3) is 2.47. The molecule has 0 saturated carbocycles. The first kappa shape index (κ1) is 13.7. The van der Waals surface area contributed by atoms with Crippen molar-refractivity contribution in [1.82, 2.24) is 0 Å². The molecule has 0 spiro atoms. The highest BCUT2D eigenvalue weighted by molar-refractivity contribution is 5.25. The first-order valence-corrected chi connectivity index (χ1v) is 5.96. The molecule has 0 amide bonds. The van der Waals surface area contributed by atoms with E-state index in [1.165, 1.54) is 0 Å². The molecule has 3 nitrogen and oxygen atoms in total. The molecule has 3 unspecified atom stereocenters. The van der Waals surface area contributed by atoms with Crippen LogP contribution in [0.5, 0.6) is 0 Å². The van der Waals surface area contributed by atoms with Crippen LogP contribution in [0.15, 0.2) is 11.6 Å². The molecule has 0 aromatic rings. The largest absolute Gasteiger partial charge is 0.393 e. The predicted octanol–water partition coefficient (Wildman–Crippen LogP) is 1.62. The summed E-state index contributed by atoms with van der Waals surface area (Å²) < 4.78 is 0. The van der Waals surface area contributed by atoms with Gasteiger partial charge in [-0.05, 0) is 38.7 Å². The van der Waals surface area contributed by atoms with Crippen LogP contribution in [0, 0.1) is 5.41 Å². The lowest BCUT2D eigenvalue weighted by Gasteiger charge is -2.48. The summed E-state index contributed by atoms with van der Waals surface area (Å²) in [5.41, 5.74) is -0.458. The zero-order valence-corrected chi connectivity index (χ0v) is 10.7. The van der Waals surface area contributed by atoms with Gasteiger partial charge in [0.2, 0.25) is 0 Å². The van der Waals surface area contributed by atoms with E-state index in [0.717, 1.165) is 5.57 Å². The van der Waals surface area contributed by atoms with Gasteiger partial charge in [0.1, 0.15) is 0 Å². The Labute approximate surface area is 97.8 Å². The molecule has 1 aliphatic carbocycles. The zero-order chi connectivity index (χ0) is 12.6. The average molecular weight is 228 g/mol. The van der Waals surface area contributed by atoms with Crippen molar-refractivity contribution in [1.29, 1.82) is 0 Å². The molecule has 0 aliphatic heterocycles. The normalized spacial score (nSPS) is 35.7. The highest BCUT2D eigenvalue weighted by Crippen LogP contribution is 2.46. The highest BCUT2D eigenvalue weighted by atomic mass is 16.3. The van der Waals surface area contributed by atoms with Gasteiger partial charge in [0, 0.05) is 5.41 Å². The van der Waals surface area contributed by atoms with Crippen molar-refractivity contribution in [2.24, 2.45) is 5.41 Å². The Morgan fingerprint density at radius 3 is 2.50 bits per heavy atom. The summed E-state index contributed by atoms with van der Waals surface area (Å²) >= 11 is 0. The van der Waals surface area contributed by atoms with E-state index in [-0.39, 0.29) is 5.41 Å². The van der Waals surface area contributed by atoms with E-state index in [4.69, 9.17) is 0 Å². The molecule has 94 valence electrons. The zero-order valence-electron chi connectivity index (χ0n) is 10.7. The van der Waals surface area contributed by atoms with Crippen molar-refractivity contribution < 1.29 is 15.3 Å². The van der Waals surface area contributed by atoms with Gasteiger partial charge in [-0.25, -0.2) is 0 Å². The first-order valence-electron chi connectivity index (χ1n) is 5.96. The van der Waals surface area contributed by atoms with Gasteiger partial charge in [-0.1, -0.05) is 19.9 Å². The predicted molar refractivity (Wildman–Crippen MR) is 64.0 cm³/mol. The average Bonchev–Trinajstić information content (AvgIpc) is 2.10. The monoisotopic (exact) mass is 228 g/mol. The van der Waals surface area contributed by atoms with Crippen molar-refractivity contribution in [2.45, 2.75) is 64.8 Å². The SMILES string of the molecule is CC1=CC(O)CC(C)(C)C1(O)CCC(C)O. The fraction of sp³-hybridized carbons (Fsp3) is 0.846. The summed E-state index contributed by atoms with van der Waals surface area (Å²) in [6.45, 7) is 7.52. The molecule has 0 radical (unpaired) electrons. The van der Waals surface area contributed by atoms with Crippen LogP contribution < -0.4 is 0 Å². The quantitative estimate of drug-likeness (QED) is 0.643. The van der Waals surface area contributed by atoms with Crippen molar-refractivity contribution >= 4 is 0 Å². The second-order valence-corrected chi connectivity index (χ2v) is 5.75. The molecule has 0 saturated heterocycles. The lowest BCUT2D eigenvalue weighted by molar-refractivity contribution is -0.0759. The van der Waals surface area contributed by atoms with E-state index in [2.05, 4.69) is 0 Å². The molecular formula is C13H24O3. The minimum Gasteiger partial charge on any atom is -0.393 e. The number of hydrogen-bond donors (Lipinski definition) is 3. The van der Waals surface area contributed by atoms with E-state index in [9.17, 15) is 15.3 Å². The molecule has 1 aliphatic rings. The maximum atomic E-state index is 10.7. The molecule has 0 heterocycles. The molecule has 3 N–H and O–H groups in total. The van der Waals surface area contributed by atoms with Crippen LogP contribution in [0.1, 0.15) is 47.0 Å². The van der Waals surface area contributed by atoms with Gasteiger partial charge >= 0.3 is 0 Å². The summed E-state index contributed by atoms with van der Waals surface area (Å²) in [4.78, 5) is 0. The van der Waals surface area contributed by atoms with Crippen molar-refractivity contribution in [3.05, 3.63) is 11.6 Å². The fourth-order valence-corrected chi connectivity index (χ4v) is 2.66. The highest BCUT2D eigenvalue weighted by Gasteiger charge is 2.47.